The predicted molar refractivity (Wildman–Crippen MR) is 361 cm³/mol. The molecule has 0 bridgehead atoms. The van der Waals surface area contributed by atoms with Gasteiger partial charge in [-0.1, -0.05) is 106 Å². The molecule has 2 rings (SSSR count). The van der Waals surface area contributed by atoms with E-state index in [0.717, 1.165) is 20.8 Å². The Labute approximate surface area is 594 Å². The Morgan fingerprint density at radius 1 is 0.650 bits per heavy atom. The summed E-state index contributed by atoms with van der Waals surface area (Å²) in [5, 5.41) is 57.8. The van der Waals surface area contributed by atoms with Gasteiger partial charge in [-0.3, -0.25) is 57.7 Å². The largest absolute Gasteiger partial charge is 0.490 e. The number of rotatable bonds is 25. The average Bonchev–Trinajstić information content (AvgIpc) is 0.808. The molecule has 12 amide bonds. The van der Waals surface area contributed by atoms with Crippen molar-refractivity contribution in [1.29, 1.82) is 0 Å². The first-order valence-electron chi connectivity index (χ1n) is 33.6. The lowest BCUT2D eigenvalue weighted by Crippen LogP contribution is -2.64. The molecule has 0 saturated carbocycles. The number of esters is 2. The number of hydrogen-bond acceptors (Lipinski definition) is 21. The number of alkyl carbamates (subject to hydrolysis) is 1. The number of aliphatic imine (C=N–C) groups is 1. The van der Waals surface area contributed by atoms with Crippen molar-refractivity contribution in [3.63, 3.8) is 0 Å². The number of alkyl halides is 3. The number of ether oxygens (including phenoxy) is 3. The summed E-state index contributed by atoms with van der Waals surface area (Å²) >= 11 is 0. The van der Waals surface area contributed by atoms with Gasteiger partial charge in [-0.25, -0.2) is 14.4 Å². The van der Waals surface area contributed by atoms with Gasteiger partial charge < -0.3 is 105 Å². The maximum atomic E-state index is 15.8. The zero-order valence-corrected chi connectivity index (χ0v) is 60.3. The molecule has 35 nitrogen and oxygen atoms in total. The van der Waals surface area contributed by atoms with Crippen LogP contribution in [0.25, 0.3) is 0 Å². The van der Waals surface area contributed by atoms with Crippen LogP contribution < -0.4 is 75.7 Å². The van der Waals surface area contributed by atoms with Crippen molar-refractivity contribution >= 4 is 89.0 Å². The quantitative estimate of drug-likeness (QED) is 0.0155. The van der Waals surface area contributed by atoms with Crippen molar-refractivity contribution in [2.45, 2.75) is 232 Å². The molecule has 1 aliphatic rings. The third kappa shape index (κ3) is 30.6. The molecule has 1 heterocycles. The molecular weight excluding hydrogens is 1370 g/mol. The average molecular weight is 1470 g/mol. The summed E-state index contributed by atoms with van der Waals surface area (Å²) in [6, 6.07) is -13.9. The van der Waals surface area contributed by atoms with Crippen LogP contribution in [0.15, 0.2) is 35.3 Å². The van der Waals surface area contributed by atoms with Gasteiger partial charge in [0, 0.05) is 6.54 Å². The number of halogens is 3. The zero-order valence-electron chi connectivity index (χ0n) is 60.3. The topological polar surface area (TPSA) is 550 Å². The van der Waals surface area contributed by atoms with Crippen LogP contribution in [0.4, 0.5) is 18.0 Å². The first kappa shape index (κ1) is 89.6. The number of carbonyl (C=O) groups excluding carboxylic acids is 14. The van der Waals surface area contributed by atoms with E-state index < -0.39 is 216 Å². The molecule has 0 unspecified atom stereocenters. The van der Waals surface area contributed by atoms with Crippen molar-refractivity contribution < 1.29 is 110 Å². The van der Waals surface area contributed by atoms with Crippen molar-refractivity contribution in [2.75, 3.05) is 19.7 Å². The summed E-state index contributed by atoms with van der Waals surface area (Å²) in [4.78, 5) is 203. The molecule has 580 valence electrons. The number of amides is 12. The van der Waals surface area contributed by atoms with E-state index in [1.807, 2.05) is 10.6 Å². The minimum Gasteiger partial charge on any atom is -0.453 e. The van der Waals surface area contributed by atoms with E-state index in [1.165, 1.54) is 37.3 Å². The fraction of sp³-hybridized carbons (Fsp3) is 0.677. The van der Waals surface area contributed by atoms with E-state index in [-0.39, 0.29) is 62.5 Å². The number of primary amides is 1. The van der Waals surface area contributed by atoms with Gasteiger partial charge in [0.1, 0.15) is 66.1 Å². The van der Waals surface area contributed by atoms with Crippen LogP contribution in [0.1, 0.15) is 147 Å². The van der Waals surface area contributed by atoms with Crippen LogP contribution in [-0.2, 0) is 76.5 Å². The highest BCUT2D eigenvalue weighted by molar-refractivity contribution is 6.00. The molecule has 0 aliphatic carbocycles. The normalized spacial score (nSPS) is 23.3. The van der Waals surface area contributed by atoms with E-state index in [0.29, 0.717) is 0 Å². The summed E-state index contributed by atoms with van der Waals surface area (Å²) in [5.74, 6) is -23.7. The SMILES string of the molecule is CC[C@H](C)[C@@H]1NC(=O)[C@@H](CCCN=C(N)N)NC(=O)[C@H](CC(C)C)NC(=O)[C@H]([C@H](OC(=O)C(F)(F)F)C(C)C)NC(=O)[C@@H](NC(=O)[C@H](CC(C)C)NC(=O)[C@H](CC(C)C)NC(=O)OC(C)(C)C)[C@@H](c2ccccc2)OC(=O)[C@H](CO)NC(=O)[C@H]([C@H](O)C(N)=O)NC(=O)CNC(=O)[C@H]([C@H](C)O)NC1=O. The molecule has 1 aromatic rings. The molecule has 103 heavy (non-hydrogen) atoms. The molecule has 15 atom stereocenters. The Hall–Kier alpha value is -9.46. The lowest BCUT2D eigenvalue weighted by molar-refractivity contribution is -0.208. The Balaban J connectivity index is 3.34. The second-order valence-electron chi connectivity index (χ2n) is 27.5. The van der Waals surface area contributed by atoms with Crippen LogP contribution in [0, 0.1) is 29.6 Å². The van der Waals surface area contributed by atoms with E-state index in [1.54, 1.807) is 69.2 Å². The molecule has 1 saturated heterocycles. The molecular formula is C65H104F3N15O20. The predicted octanol–water partition coefficient (Wildman–Crippen LogP) is -2.76. The number of aliphatic hydroxyl groups is 3. The van der Waals surface area contributed by atoms with E-state index in [2.05, 4.69) is 52.8 Å². The molecule has 1 fully saturated rings. The Morgan fingerprint density at radius 3 is 1.68 bits per heavy atom. The van der Waals surface area contributed by atoms with Crippen LogP contribution >= 0.6 is 0 Å². The highest BCUT2D eigenvalue weighted by Gasteiger charge is 2.48. The summed E-state index contributed by atoms with van der Waals surface area (Å²) in [7, 11) is 0. The Kier molecular flexibility index (Phi) is 36.2. The second kappa shape index (κ2) is 41.6. The molecule has 38 heteroatoms. The van der Waals surface area contributed by atoms with E-state index >= 15 is 14.4 Å². The van der Waals surface area contributed by atoms with Gasteiger partial charge in [0.25, 0.3) is 0 Å². The smallest absolute Gasteiger partial charge is 0.453 e. The Morgan fingerprint density at radius 2 is 1.17 bits per heavy atom. The minimum atomic E-state index is -5.79. The van der Waals surface area contributed by atoms with Gasteiger partial charge >= 0.3 is 24.2 Å². The monoisotopic (exact) mass is 1470 g/mol. The molecule has 0 radical (unpaired) electrons. The number of nitrogens with one attached hydrogen (secondary N) is 11. The number of guanidine groups is 1. The van der Waals surface area contributed by atoms with Gasteiger partial charge in [-0.05, 0) is 95.0 Å². The van der Waals surface area contributed by atoms with Crippen LogP contribution in [0.2, 0.25) is 0 Å². The standard InChI is InChI=1S/C65H104F3N15O20/c1-15-33(10)42-56(94)81-43(34(11)85)55(93)73-27-41(86)79-44(47(87)50(69)88)57(95)77-40(28-84)60(98)101-49(35-20-17-16-18-21-35)46(82-54(92)38(25-30(4)5)75-53(91)39(26-31(6)7)78-63(100)103-64(12,13)14)59(97)83-45(48(32(8)9)102-61(99)65(66,67)68)58(96)76-37(24-29(2)3)52(90)74-36(51(89)80-42)22-19-23-72-62(70)71/h16-18,20-21,29-34,36-40,42-49,84-85,87H,15,19,22-28H2,1-14H3,(H2,69,88)(H,73,93)(H,74,90)(H,75,91)(H,76,96)(H,77,95)(H,78,100)(H,79,86)(H,80,89)(H,81,94)(H,82,92)(H,83,97)(H4,70,71,72)/t33-,34-,36+,37-,38-,39-,40-,42-,43-,44-,45-,46-,47-,48+,49+/m0/s1. The zero-order chi connectivity index (χ0) is 78.7. The molecule has 0 aromatic heterocycles. The van der Waals surface area contributed by atoms with E-state index in [4.69, 9.17) is 31.4 Å². The molecule has 0 spiro atoms. The van der Waals surface area contributed by atoms with Crippen LogP contribution in [0.5, 0.6) is 0 Å². The van der Waals surface area contributed by atoms with Crippen LogP contribution in [0.3, 0.4) is 0 Å². The number of benzene rings is 1. The first-order chi connectivity index (χ1) is 47.7. The highest BCUT2D eigenvalue weighted by Crippen LogP contribution is 2.27. The van der Waals surface area contributed by atoms with E-state index in [9.17, 15) is 81.2 Å². The summed E-state index contributed by atoms with van der Waals surface area (Å²) < 4.78 is 59.4. The van der Waals surface area contributed by atoms with Crippen molar-refractivity contribution in [2.24, 2.45) is 51.8 Å². The molecule has 1 aliphatic heterocycles. The van der Waals surface area contributed by atoms with Gasteiger partial charge in [-0.2, -0.15) is 13.2 Å². The highest BCUT2D eigenvalue weighted by atomic mass is 19.4. The fourth-order valence-electron chi connectivity index (χ4n) is 10.2. The fourth-order valence-corrected chi connectivity index (χ4v) is 10.2. The molecule has 20 N–H and O–H groups in total. The number of cyclic esters (lactones) is 1. The third-order valence-electron chi connectivity index (χ3n) is 15.5. The number of nitrogens with two attached hydrogens (primary N) is 3. The lowest BCUT2D eigenvalue weighted by Gasteiger charge is -2.35. The third-order valence-corrected chi connectivity index (χ3v) is 15.5. The number of nitrogens with zero attached hydrogens (tertiary/aromatic N) is 1. The lowest BCUT2D eigenvalue weighted by atomic mass is 9.95. The van der Waals surface area contributed by atoms with Crippen LogP contribution in [-0.4, -0.2) is 214 Å². The Bertz CT molecular complexity index is 3130. The summed E-state index contributed by atoms with van der Waals surface area (Å²) in [5.41, 5.74) is 15.1. The molecule has 1 aromatic carbocycles. The van der Waals surface area contributed by atoms with Gasteiger partial charge in [0.2, 0.25) is 65.0 Å². The summed E-state index contributed by atoms with van der Waals surface area (Å²) in [6.45, 7) is 18.1. The van der Waals surface area contributed by atoms with Gasteiger partial charge in [-0.15, -0.1) is 0 Å². The maximum absolute atomic E-state index is 15.8. The summed E-state index contributed by atoms with van der Waals surface area (Å²) in [6.07, 6.45) is -17.0. The number of carbonyl (C=O) groups is 14. The van der Waals surface area contributed by atoms with Gasteiger partial charge in [0.05, 0.1) is 19.3 Å². The minimum absolute atomic E-state index is 0.0483. The van der Waals surface area contributed by atoms with Crippen molar-refractivity contribution in [3.05, 3.63) is 35.9 Å². The second-order valence-corrected chi connectivity index (χ2v) is 27.5. The van der Waals surface area contributed by atoms with Gasteiger partial charge in [0.15, 0.2) is 24.2 Å². The maximum Gasteiger partial charge on any atom is 0.490 e. The first-order valence-corrected chi connectivity index (χ1v) is 33.6. The van der Waals surface area contributed by atoms with Crippen molar-refractivity contribution in [1.82, 2.24) is 58.5 Å². The number of aliphatic hydroxyl groups excluding tert-OH is 3. The van der Waals surface area contributed by atoms with Crippen molar-refractivity contribution in [3.8, 4) is 0 Å². The number of hydrogen-bond donors (Lipinski definition) is 17.